The van der Waals surface area contributed by atoms with E-state index in [4.69, 9.17) is 28.4 Å². The van der Waals surface area contributed by atoms with Crippen LogP contribution in [0.5, 0.6) is 34.5 Å². The second-order valence-corrected chi connectivity index (χ2v) is 6.95. The van der Waals surface area contributed by atoms with E-state index in [1.807, 2.05) is 48.6 Å². The highest BCUT2D eigenvalue weighted by molar-refractivity contribution is 5.73. The molecule has 0 bridgehead atoms. The van der Waals surface area contributed by atoms with Gasteiger partial charge in [0.05, 0.1) is 66.4 Å². The Balaban J connectivity index is 1.77. The molecule has 0 fully saturated rings. The number of nitrogens with zero attached hydrogens (tertiary/aromatic N) is 2. The zero-order chi connectivity index (χ0) is 24.5. The summed E-state index contributed by atoms with van der Waals surface area (Å²) in [5.74, 6) is 3.43. The quantitative estimate of drug-likeness (QED) is 0.420. The fraction of sp³-hybridized carbons (Fsp3) is 0.231. The van der Waals surface area contributed by atoms with Crippen molar-refractivity contribution in [2.24, 2.45) is 0 Å². The van der Waals surface area contributed by atoms with Gasteiger partial charge < -0.3 is 28.4 Å². The van der Waals surface area contributed by atoms with Crippen molar-refractivity contribution in [2.45, 2.75) is 0 Å². The molecule has 2 aromatic carbocycles. The summed E-state index contributed by atoms with van der Waals surface area (Å²) in [6.07, 6.45) is 10.9. The molecule has 3 aromatic rings. The van der Waals surface area contributed by atoms with Crippen LogP contribution in [0, 0.1) is 0 Å². The van der Waals surface area contributed by atoms with Crippen LogP contribution >= 0.6 is 0 Å². The number of aromatic nitrogens is 2. The molecular formula is C26H28N2O6. The van der Waals surface area contributed by atoms with Gasteiger partial charge in [0.1, 0.15) is 0 Å². The molecule has 0 amide bonds. The van der Waals surface area contributed by atoms with Crippen LogP contribution in [0.2, 0.25) is 0 Å². The van der Waals surface area contributed by atoms with E-state index in [0.29, 0.717) is 45.9 Å². The molecule has 34 heavy (non-hydrogen) atoms. The lowest BCUT2D eigenvalue weighted by Crippen LogP contribution is -1.95. The molecule has 178 valence electrons. The third kappa shape index (κ3) is 5.58. The van der Waals surface area contributed by atoms with Gasteiger partial charge in [0, 0.05) is 0 Å². The van der Waals surface area contributed by atoms with E-state index in [0.717, 1.165) is 11.1 Å². The Morgan fingerprint density at radius 1 is 0.471 bits per heavy atom. The predicted octanol–water partition coefficient (Wildman–Crippen LogP) is 4.87. The van der Waals surface area contributed by atoms with Crippen molar-refractivity contribution in [2.75, 3.05) is 42.7 Å². The van der Waals surface area contributed by atoms with E-state index in [1.54, 1.807) is 55.1 Å². The normalized spacial score (nSPS) is 11.0. The number of rotatable bonds is 10. The van der Waals surface area contributed by atoms with E-state index < -0.39 is 0 Å². The van der Waals surface area contributed by atoms with Gasteiger partial charge in [0.15, 0.2) is 23.0 Å². The Labute approximate surface area is 199 Å². The largest absolute Gasteiger partial charge is 0.493 e. The first-order valence-electron chi connectivity index (χ1n) is 10.3. The molecule has 0 aliphatic rings. The standard InChI is InChI=1S/C26H28N2O6/c1-29-21-11-17(12-22(30-2)25(21)33-5)7-9-19-15-28-20(16-27-19)10-8-18-13-23(31-3)26(34-6)24(14-18)32-4/h7-16H,1-6H3/b9-7+,10-8+. The molecule has 0 aliphatic heterocycles. The Bertz CT molecular complexity index is 1030. The van der Waals surface area contributed by atoms with Crippen molar-refractivity contribution in [3.05, 3.63) is 59.2 Å². The number of ether oxygens (including phenoxy) is 6. The molecular weight excluding hydrogens is 436 g/mol. The molecule has 0 aliphatic carbocycles. The first-order chi connectivity index (χ1) is 16.6. The van der Waals surface area contributed by atoms with Gasteiger partial charge in [-0.3, -0.25) is 9.97 Å². The fourth-order valence-corrected chi connectivity index (χ4v) is 3.28. The average molecular weight is 465 g/mol. The summed E-state index contributed by atoms with van der Waals surface area (Å²) < 4.78 is 32.3. The van der Waals surface area contributed by atoms with Crippen molar-refractivity contribution in [1.29, 1.82) is 0 Å². The minimum Gasteiger partial charge on any atom is -0.493 e. The van der Waals surface area contributed by atoms with Crippen molar-refractivity contribution in [3.63, 3.8) is 0 Å². The zero-order valence-electron chi connectivity index (χ0n) is 20.1. The third-order valence-electron chi connectivity index (χ3n) is 4.96. The maximum Gasteiger partial charge on any atom is 0.203 e. The van der Waals surface area contributed by atoms with Crippen LogP contribution in [-0.2, 0) is 0 Å². The Hall–Kier alpha value is -4.20. The van der Waals surface area contributed by atoms with Crippen LogP contribution in [0.1, 0.15) is 22.5 Å². The van der Waals surface area contributed by atoms with Crippen LogP contribution in [0.25, 0.3) is 24.3 Å². The van der Waals surface area contributed by atoms with Gasteiger partial charge in [-0.05, 0) is 47.5 Å². The van der Waals surface area contributed by atoms with Gasteiger partial charge in [-0.1, -0.05) is 12.2 Å². The van der Waals surface area contributed by atoms with Gasteiger partial charge in [-0.25, -0.2) is 0 Å². The maximum atomic E-state index is 5.40. The van der Waals surface area contributed by atoms with Gasteiger partial charge >= 0.3 is 0 Å². The summed E-state index contributed by atoms with van der Waals surface area (Å²) in [6, 6.07) is 7.44. The third-order valence-corrected chi connectivity index (χ3v) is 4.96. The van der Waals surface area contributed by atoms with Gasteiger partial charge in [-0.15, -0.1) is 0 Å². The number of methoxy groups -OCH3 is 6. The molecule has 0 spiro atoms. The second-order valence-electron chi connectivity index (χ2n) is 6.95. The Morgan fingerprint density at radius 3 is 1.03 bits per heavy atom. The lowest BCUT2D eigenvalue weighted by atomic mass is 10.1. The zero-order valence-corrected chi connectivity index (χ0v) is 20.1. The second kappa shape index (κ2) is 11.6. The first kappa shape index (κ1) is 24.4. The van der Waals surface area contributed by atoms with Crippen molar-refractivity contribution in [1.82, 2.24) is 9.97 Å². The minimum atomic E-state index is 0.546. The molecule has 0 unspecified atom stereocenters. The van der Waals surface area contributed by atoms with E-state index in [1.165, 1.54) is 0 Å². The average Bonchev–Trinajstić information content (AvgIpc) is 2.89. The SMILES string of the molecule is COc1cc(/C=C/c2cnc(/C=C/c3cc(OC)c(OC)c(OC)c3)cn2)cc(OC)c1OC. The van der Waals surface area contributed by atoms with Gasteiger partial charge in [0.25, 0.3) is 0 Å². The molecule has 0 saturated heterocycles. The summed E-state index contributed by atoms with van der Waals surface area (Å²) >= 11 is 0. The molecule has 0 saturated carbocycles. The topological polar surface area (TPSA) is 81.2 Å². The highest BCUT2D eigenvalue weighted by Crippen LogP contribution is 2.39. The van der Waals surface area contributed by atoms with E-state index >= 15 is 0 Å². The van der Waals surface area contributed by atoms with Gasteiger partial charge in [0.2, 0.25) is 11.5 Å². The van der Waals surface area contributed by atoms with Crippen LogP contribution in [0.3, 0.4) is 0 Å². The molecule has 3 rings (SSSR count). The van der Waals surface area contributed by atoms with Crippen molar-refractivity contribution >= 4 is 24.3 Å². The molecule has 0 N–H and O–H groups in total. The molecule has 1 heterocycles. The number of hydrogen-bond donors (Lipinski definition) is 0. The summed E-state index contributed by atoms with van der Waals surface area (Å²) in [6.45, 7) is 0. The lowest BCUT2D eigenvalue weighted by Gasteiger charge is -2.12. The van der Waals surface area contributed by atoms with E-state index in [9.17, 15) is 0 Å². The molecule has 0 atom stereocenters. The van der Waals surface area contributed by atoms with Crippen molar-refractivity contribution < 1.29 is 28.4 Å². The number of benzene rings is 2. The van der Waals surface area contributed by atoms with Crippen LogP contribution in [-0.4, -0.2) is 52.6 Å². The summed E-state index contributed by atoms with van der Waals surface area (Å²) in [5.41, 5.74) is 3.17. The van der Waals surface area contributed by atoms with E-state index in [2.05, 4.69) is 9.97 Å². The number of hydrogen-bond acceptors (Lipinski definition) is 8. The minimum absolute atomic E-state index is 0.546. The van der Waals surface area contributed by atoms with Crippen LogP contribution < -0.4 is 28.4 Å². The van der Waals surface area contributed by atoms with Crippen LogP contribution in [0.4, 0.5) is 0 Å². The first-order valence-corrected chi connectivity index (χ1v) is 10.3. The fourth-order valence-electron chi connectivity index (χ4n) is 3.28. The van der Waals surface area contributed by atoms with E-state index in [-0.39, 0.29) is 0 Å². The summed E-state index contributed by atoms with van der Waals surface area (Å²) in [5, 5.41) is 0. The molecule has 8 heteroatoms. The smallest absolute Gasteiger partial charge is 0.203 e. The lowest BCUT2D eigenvalue weighted by molar-refractivity contribution is 0.324. The van der Waals surface area contributed by atoms with Crippen LogP contribution in [0.15, 0.2) is 36.7 Å². The highest BCUT2D eigenvalue weighted by Gasteiger charge is 2.13. The Kier molecular flexibility index (Phi) is 8.34. The predicted molar refractivity (Wildman–Crippen MR) is 132 cm³/mol. The maximum absolute atomic E-state index is 5.40. The monoisotopic (exact) mass is 464 g/mol. The highest BCUT2D eigenvalue weighted by atomic mass is 16.5. The molecule has 1 aromatic heterocycles. The molecule has 0 radical (unpaired) electrons. The Morgan fingerprint density at radius 2 is 0.794 bits per heavy atom. The summed E-state index contributed by atoms with van der Waals surface area (Å²) in [7, 11) is 9.48. The molecule has 8 nitrogen and oxygen atoms in total. The summed E-state index contributed by atoms with van der Waals surface area (Å²) in [4.78, 5) is 8.93. The van der Waals surface area contributed by atoms with Crippen molar-refractivity contribution in [3.8, 4) is 34.5 Å². The van der Waals surface area contributed by atoms with Gasteiger partial charge in [-0.2, -0.15) is 0 Å².